The zero-order chi connectivity index (χ0) is 15.1. The Morgan fingerprint density at radius 1 is 0.773 bits per heavy atom. The summed E-state index contributed by atoms with van der Waals surface area (Å²) in [5, 5.41) is 12.7. The van der Waals surface area contributed by atoms with Crippen molar-refractivity contribution in [2.45, 2.75) is 6.10 Å². The molecule has 22 heavy (non-hydrogen) atoms. The highest BCUT2D eigenvalue weighted by Crippen LogP contribution is 2.32. The summed E-state index contributed by atoms with van der Waals surface area (Å²) in [5.74, 6) is 0. The van der Waals surface area contributed by atoms with Gasteiger partial charge in [-0.25, -0.2) is 0 Å². The van der Waals surface area contributed by atoms with Crippen LogP contribution in [-0.2, 0) is 0 Å². The van der Waals surface area contributed by atoms with Gasteiger partial charge >= 0.3 is 0 Å². The van der Waals surface area contributed by atoms with Crippen LogP contribution in [0.25, 0.3) is 21.9 Å². The summed E-state index contributed by atoms with van der Waals surface area (Å²) in [6, 6.07) is 21.0. The molecule has 0 aliphatic rings. The molecule has 4 rings (SSSR count). The van der Waals surface area contributed by atoms with E-state index >= 15 is 0 Å². The molecule has 0 aliphatic carbocycles. The summed E-state index contributed by atoms with van der Waals surface area (Å²) < 4.78 is 5.87. The minimum Gasteiger partial charge on any atom is -0.456 e. The summed E-state index contributed by atoms with van der Waals surface area (Å²) in [7, 11) is 0. The van der Waals surface area contributed by atoms with E-state index in [1.54, 1.807) is 12.1 Å². The first-order chi connectivity index (χ1) is 10.7. The standard InChI is InChI=1S/C19H15NO2/c20-14-5-3-4-12(10-14)19(21)13-8-9-16-15-6-1-2-7-17(15)22-18(16)11-13/h1-11,19,21H,20H2/t19-/m0/s1. The first kappa shape index (κ1) is 12.9. The van der Waals surface area contributed by atoms with Gasteiger partial charge in [0.25, 0.3) is 0 Å². The number of aliphatic hydroxyl groups excluding tert-OH is 1. The fraction of sp³-hybridized carbons (Fsp3) is 0.0526. The highest BCUT2D eigenvalue weighted by atomic mass is 16.3. The van der Waals surface area contributed by atoms with Gasteiger partial charge in [-0.3, -0.25) is 0 Å². The van der Waals surface area contributed by atoms with E-state index in [0.29, 0.717) is 5.69 Å². The van der Waals surface area contributed by atoms with E-state index in [1.165, 1.54) is 0 Å². The van der Waals surface area contributed by atoms with Crippen molar-refractivity contribution in [2.75, 3.05) is 5.73 Å². The van der Waals surface area contributed by atoms with Crippen molar-refractivity contribution < 1.29 is 9.52 Å². The molecule has 0 aliphatic heterocycles. The number of aliphatic hydroxyl groups is 1. The van der Waals surface area contributed by atoms with Crippen molar-refractivity contribution >= 4 is 27.6 Å². The molecule has 3 nitrogen and oxygen atoms in total. The van der Waals surface area contributed by atoms with E-state index < -0.39 is 6.10 Å². The normalized spacial score (nSPS) is 12.8. The molecule has 0 fully saturated rings. The van der Waals surface area contributed by atoms with Gasteiger partial charge in [0.05, 0.1) is 0 Å². The summed E-state index contributed by atoms with van der Waals surface area (Å²) in [4.78, 5) is 0. The van der Waals surface area contributed by atoms with Crippen LogP contribution in [-0.4, -0.2) is 5.11 Å². The molecule has 4 aromatic rings. The lowest BCUT2D eigenvalue weighted by atomic mass is 10.00. The molecule has 0 bridgehead atoms. The molecule has 1 heterocycles. The Labute approximate surface area is 127 Å². The number of hydrogen-bond donors (Lipinski definition) is 2. The van der Waals surface area contributed by atoms with Gasteiger partial charge in [0.2, 0.25) is 0 Å². The first-order valence-electron chi connectivity index (χ1n) is 7.17. The average Bonchev–Trinajstić information content (AvgIpc) is 2.91. The minimum atomic E-state index is -0.721. The molecule has 108 valence electrons. The highest BCUT2D eigenvalue weighted by Gasteiger charge is 2.13. The molecule has 0 saturated heterocycles. The van der Waals surface area contributed by atoms with E-state index in [4.69, 9.17) is 10.2 Å². The van der Waals surface area contributed by atoms with E-state index in [2.05, 4.69) is 0 Å². The van der Waals surface area contributed by atoms with Gasteiger partial charge in [0.1, 0.15) is 17.3 Å². The second-order valence-corrected chi connectivity index (χ2v) is 5.43. The van der Waals surface area contributed by atoms with Crippen LogP contribution in [0.2, 0.25) is 0 Å². The predicted molar refractivity (Wildman–Crippen MR) is 88.6 cm³/mol. The third kappa shape index (κ3) is 2.03. The van der Waals surface area contributed by atoms with Crippen LogP contribution in [0.1, 0.15) is 17.2 Å². The third-order valence-electron chi connectivity index (χ3n) is 3.94. The van der Waals surface area contributed by atoms with Crippen LogP contribution in [0.15, 0.2) is 71.1 Å². The Hall–Kier alpha value is -2.78. The van der Waals surface area contributed by atoms with Gasteiger partial charge in [-0.1, -0.05) is 42.5 Å². The van der Waals surface area contributed by atoms with Gasteiger partial charge in [-0.2, -0.15) is 0 Å². The second kappa shape index (κ2) is 4.90. The number of furan rings is 1. The summed E-state index contributed by atoms with van der Waals surface area (Å²) in [6.45, 7) is 0. The molecular weight excluding hydrogens is 274 g/mol. The lowest BCUT2D eigenvalue weighted by Gasteiger charge is -2.12. The van der Waals surface area contributed by atoms with Crippen molar-refractivity contribution in [3.8, 4) is 0 Å². The molecule has 0 radical (unpaired) electrons. The Balaban J connectivity index is 1.84. The number of hydrogen-bond acceptors (Lipinski definition) is 3. The molecule has 0 unspecified atom stereocenters. The lowest BCUT2D eigenvalue weighted by Crippen LogP contribution is -2.00. The number of para-hydroxylation sites is 1. The van der Waals surface area contributed by atoms with Gasteiger partial charge in [0.15, 0.2) is 0 Å². The van der Waals surface area contributed by atoms with E-state index in [-0.39, 0.29) is 0 Å². The molecular formula is C19H15NO2. The maximum absolute atomic E-state index is 10.6. The van der Waals surface area contributed by atoms with Crippen molar-refractivity contribution in [1.29, 1.82) is 0 Å². The number of nitrogen functional groups attached to an aromatic ring is 1. The van der Waals surface area contributed by atoms with E-state index in [9.17, 15) is 5.11 Å². The molecule has 0 spiro atoms. The first-order valence-corrected chi connectivity index (χ1v) is 7.17. The molecule has 1 atom stereocenters. The monoisotopic (exact) mass is 289 g/mol. The van der Waals surface area contributed by atoms with Crippen molar-refractivity contribution in [2.24, 2.45) is 0 Å². The maximum Gasteiger partial charge on any atom is 0.135 e. The van der Waals surface area contributed by atoms with Gasteiger partial charge in [-0.05, 0) is 35.4 Å². The summed E-state index contributed by atoms with van der Waals surface area (Å²) in [5.41, 5.74) is 9.62. The molecule has 0 saturated carbocycles. The predicted octanol–water partition coefficient (Wildman–Crippen LogP) is 4.25. The van der Waals surface area contributed by atoms with Crippen molar-refractivity contribution in [3.05, 3.63) is 77.9 Å². The zero-order valence-corrected chi connectivity index (χ0v) is 11.9. The molecule has 0 amide bonds. The zero-order valence-electron chi connectivity index (χ0n) is 11.9. The largest absolute Gasteiger partial charge is 0.456 e. The van der Waals surface area contributed by atoms with E-state index in [1.807, 2.05) is 54.6 Å². The van der Waals surface area contributed by atoms with Crippen LogP contribution in [0.3, 0.4) is 0 Å². The Kier molecular flexibility index (Phi) is 2.88. The number of rotatable bonds is 2. The molecule has 3 aromatic carbocycles. The quantitative estimate of drug-likeness (QED) is 0.542. The topological polar surface area (TPSA) is 59.4 Å². The van der Waals surface area contributed by atoms with Crippen LogP contribution >= 0.6 is 0 Å². The fourth-order valence-electron chi connectivity index (χ4n) is 2.83. The molecule has 1 aromatic heterocycles. The highest BCUT2D eigenvalue weighted by molar-refractivity contribution is 6.04. The fourth-order valence-corrected chi connectivity index (χ4v) is 2.83. The van der Waals surface area contributed by atoms with Crippen molar-refractivity contribution in [3.63, 3.8) is 0 Å². The van der Waals surface area contributed by atoms with Crippen LogP contribution in [0.5, 0.6) is 0 Å². The number of fused-ring (bicyclic) bond motifs is 3. The lowest BCUT2D eigenvalue weighted by molar-refractivity contribution is 0.220. The minimum absolute atomic E-state index is 0.640. The summed E-state index contributed by atoms with van der Waals surface area (Å²) in [6.07, 6.45) is -0.721. The number of benzene rings is 3. The van der Waals surface area contributed by atoms with Crippen LogP contribution in [0, 0.1) is 0 Å². The molecule has 3 N–H and O–H groups in total. The van der Waals surface area contributed by atoms with Gasteiger partial charge in [-0.15, -0.1) is 0 Å². The average molecular weight is 289 g/mol. The molecule has 3 heteroatoms. The Bertz CT molecular complexity index is 971. The summed E-state index contributed by atoms with van der Waals surface area (Å²) >= 11 is 0. The third-order valence-corrected chi connectivity index (χ3v) is 3.94. The SMILES string of the molecule is Nc1cccc([C@H](O)c2ccc3c(c2)oc2ccccc23)c1. The Morgan fingerprint density at radius 2 is 1.55 bits per heavy atom. The van der Waals surface area contributed by atoms with Crippen LogP contribution < -0.4 is 5.73 Å². The second-order valence-electron chi connectivity index (χ2n) is 5.43. The van der Waals surface area contributed by atoms with Crippen molar-refractivity contribution in [1.82, 2.24) is 0 Å². The van der Waals surface area contributed by atoms with Gasteiger partial charge < -0.3 is 15.3 Å². The van der Waals surface area contributed by atoms with E-state index in [0.717, 1.165) is 33.1 Å². The number of anilines is 1. The van der Waals surface area contributed by atoms with Gasteiger partial charge in [0, 0.05) is 16.5 Å². The smallest absolute Gasteiger partial charge is 0.135 e. The maximum atomic E-state index is 10.6. The Morgan fingerprint density at radius 3 is 2.41 bits per heavy atom. The number of nitrogens with two attached hydrogens (primary N) is 1. The van der Waals surface area contributed by atoms with Crippen LogP contribution in [0.4, 0.5) is 5.69 Å².